The molecule has 1 amide bonds. The molecule has 0 aliphatic carbocycles. The molecule has 17 heavy (non-hydrogen) atoms. The molecule has 0 heterocycles. The Hall–Kier alpha value is -0.960. The van der Waals surface area contributed by atoms with Gasteiger partial charge in [-0.3, -0.25) is 4.79 Å². The maximum absolute atomic E-state index is 11.9. The molecule has 0 radical (unpaired) electrons. The third kappa shape index (κ3) is 4.08. The fourth-order valence-electron chi connectivity index (χ4n) is 1.67. The molecule has 94 valence electrons. The molecule has 0 aliphatic heterocycles. The van der Waals surface area contributed by atoms with Crippen LogP contribution in [0.1, 0.15) is 25.0 Å². The second kappa shape index (κ2) is 6.70. The van der Waals surface area contributed by atoms with E-state index < -0.39 is 0 Å². The first-order valence-electron chi connectivity index (χ1n) is 6.06. The average molecular weight is 251 g/mol. The number of hydrogen-bond acceptors (Lipinski definition) is 2. The Bertz CT molecular complexity index is 386. The first-order chi connectivity index (χ1) is 8.08. The Labute approximate surface area is 108 Å². The number of carbonyl (C=O) groups is 1. The summed E-state index contributed by atoms with van der Waals surface area (Å²) in [6.07, 6.45) is 0. The first-order valence-corrected chi connectivity index (χ1v) is 7.04. The van der Waals surface area contributed by atoms with Gasteiger partial charge in [0.25, 0.3) is 0 Å². The number of rotatable bonds is 5. The van der Waals surface area contributed by atoms with Gasteiger partial charge in [0.05, 0.1) is 5.75 Å². The molecule has 1 aromatic rings. The van der Waals surface area contributed by atoms with Gasteiger partial charge < -0.3 is 4.90 Å². The van der Waals surface area contributed by atoms with Crippen LogP contribution in [0.2, 0.25) is 0 Å². The highest BCUT2D eigenvalue weighted by Crippen LogP contribution is 2.23. The molecular formula is C14H21NOS. The molecule has 0 atom stereocenters. The van der Waals surface area contributed by atoms with Gasteiger partial charge in [-0.1, -0.05) is 17.7 Å². The number of thioether (sulfide) groups is 1. The standard InChI is InChI=1S/C14H21NOS/c1-5-15(6-2)14(16)10-17-13-9-11(3)7-8-12(13)4/h7-9H,5-6,10H2,1-4H3. The van der Waals surface area contributed by atoms with Crippen molar-refractivity contribution in [3.63, 3.8) is 0 Å². The molecule has 2 nitrogen and oxygen atoms in total. The molecule has 0 aromatic heterocycles. The van der Waals surface area contributed by atoms with E-state index in [-0.39, 0.29) is 5.91 Å². The Balaban J connectivity index is 2.61. The normalized spacial score (nSPS) is 10.4. The number of carbonyl (C=O) groups excluding carboxylic acids is 1. The predicted molar refractivity (Wildman–Crippen MR) is 74.6 cm³/mol. The van der Waals surface area contributed by atoms with Crippen molar-refractivity contribution in [1.82, 2.24) is 4.90 Å². The van der Waals surface area contributed by atoms with Crippen LogP contribution in [0, 0.1) is 13.8 Å². The number of benzene rings is 1. The van der Waals surface area contributed by atoms with Crippen LogP contribution < -0.4 is 0 Å². The van der Waals surface area contributed by atoms with Gasteiger partial charge >= 0.3 is 0 Å². The summed E-state index contributed by atoms with van der Waals surface area (Å²) in [5.74, 6) is 0.757. The third-order valence-corrected chi connectivity index (χ3v) is 3.95. The molecular weight excluding hydrogens is 230 g/mol. The number of hydrogen-bond donors (Lipinski definition) is 0. The number of amides is 1. The smallest absolute Gasteiger partial charge is 0.232 e. The van der Waals surface area contributed by atoms with Crippen molar-refractivity contribution >= 4 is 17.7 Å². The van der Waals surface area contributed by atoms with Crippen LogP contribution in [0.5, 0.6) is 0 Å². The summed E-state index contributed by atoms with van der Waals surface area (Å²) >= 11 is 1.64. The fraction of sp³-hybridized carbons (Fsp3) is 0.500. The fourth-order valence-corrected chi connectivity index (χ4v) is 2.70. The average Bonchev–Trinajstić information content (AvgIpc) is 2.32. The lowest BCUT2D eigenvalue weighted by Crippen LogP contribution is -2.31. The summed E-state index contributed by atoms with van der Waals surface area (Å²) in [6.45, 7) is 9.79. The molecule has 1 aromatic carbocycles. The highest BCUT2D eigenvalue weighted by atomic mass is 32.2. The zero-order valence-electron chi connectivity index (χ0n) is 11.1. The van der Waals surface area contributed by atoms with Crippen molar-refractivity contribution in [2.75, 3.05) is 18.8 Å². The Kier molecular flexibility index (Phi) is 5.56. The minimum Gasteiger partial charge on any atom is -0.343 e. The van der Waals surface area contributed by atoms with E-state index in [1.165, 1.54) is 16.0 Å². The zero-order chi connectivity index (χ0) is 12.8. The maximum Gasteiger partial charge on any atom is 0.232 e. The predicted octanol–water partition coefficient (Wildman–Crippen LogP) is 3.26. The second-order valence-electron chi connectivity index (χ2n) is 4.12. The van der Waals surface area contributed by atoms with Gasteiger partial charge in [-0.2, -0.15) is 0 Å². The van der Waals surface area contributed by atoms with Crippen LogP contribution in [-0.2, 0) is 4.79 Å². The summed E-state index contributed by atoms with van der Waals surface area (Å²) in [6, 6.07) is 6.36. The Morgan fingerprint density at radius 3 is 2.47 bits per heavy atom. The lowest BCUT2D eigenvalue weighted by atomic mass is 10.2. The molecule has 0 fully saturated rings. The maximum atomic E-state index is 11.9. The van der Waals surface area contributed by atoms with E-state index in [4.69, 9.17) is 0 Å². The molecule has 3 heteroatoms. The molecule has 0 unspecified atom stereocenters. The van der Waals surface area contributed by atoms with Gasteiger partial charge in [0.15, 0.2) is 0 Å². The minimum absolute atomic E-state index is 0.223. The van der Waals surface area contributed by atoms with Crippen molar-refractivity contribution in [2.45, 2.75) is 32.6 Å². The van der Waals surface area contributed by atoms with E-state index in [9.17, 15) is 4.79 Å². The Morgan fingerprint density at radius 1 is 1.24 bits per heavy atom. The van der Waals surface area contributed by atoms with Gasteiger partial charge in [-0.25, -0.2) is 0 Å². The summed E-state index contributed by atoms with van der Waals surface area (Å²) in [4.78, 5) is 15.0. The van der Waals surface area contributed by atoms with E-state index in [1.807, 2.05) is 18.7 Å². The van der Waals surface area contributed by atoms with E-state index in [0.717, 1.165) is 13.1 Å². The SMILES string of the molecule is CCN(CC)C(=O)CSc1cc(C)ccc1C. The van der Waals surface area contributed by atoms with Crippen molar-refractivity contribution in [3.8, 4) is 0 Å². The lowest BCUT2D eigenvalue weighted by Gasteiger charge is -2.18. The largest absolute Gasteiger partial charge is 0.343 e. The lowest BCUT2D eigenvalue weighted by molar-refractivity contribution is -0.127. The molecule has 0 bridgehead atoms. The Morgan fingerprint density at radius 2 is 1.88 bits per heavy atom. The first kappa shape index (κ1) is 14.1. The molecule has 1 rings (SSSR count). The van der Waals surface area contributed by atoms with Crippen molar-refractivity contribution in [1.29, 1.82) is 0 Å². The monoisotopic (exact) mass is 251 g/mol. The molecule has 0 spiro atoms. The van der Waals surface area contributed by atoms with Crippen LogP contribution >= 0.6 is 11.8 Å². The van der Waals surface area contributed by atoms with E-state index in [1.54, 1.807) is 11.8 Å². The van der Waals surface area contributed by atoms with Crippen molar-refractivity contribution in [3.05, 3.63) is 29.3 Å². The summed E-state index contributed by atoms with van der Waals surface area (Å²) in [7, 11) is 0. The summed E-state index contributed by atoms with van der Waals surface area (Å²) < 4.78 is 0. The summed E-state index contributed by atoms with van der Waals surface area (Å²) in [5, 5.41) is 0. The minimum atomic E-state index is 0.223. The van der Waals surface area contributed by atoms with Crippen LogP contribution in [0.4, 0.5) is 0 Å². The quantitative estimate of drug-likeness (QED) is 0.749. The number of aryl methyl sites for hydroxylation is 2. The molecule has 0 saturated heterocycles. The van der Waals surface area contributed by atoms with E-state index in [2.05, 4.69) is 32.0 Å². The van der Waals surface area contributed by atoms with Crippen LogP contribution in [0.3, 0.4) is 0 Å². The van der Waals surface area contributed by atoms with Gasteiger partial charge in [0.1, 0.15) is 0 Å². The van der Waals surface area contributed by atoms with Crippen LogP contribution in [0.15, 0.2) is 23.1 Å². The highest BCUT2D eigenvalue weighted by Gasteiger charge is 2.10. The van der Waals surface area contributed by atoms with E-state index in [0.29, 0.717) is 5.75 Å². The third-order valence-electron chi connectivity index (χ3n) is 2.81. The van der Waals surface area contributed by atoms with Crippen molar-refractivity contribution < 1.29 is 4.79 Å². The van der Waals surface area contributed by atoms with Gasteiger partial charge in [0, 0.05) is 18.0 Å². The van der Waals surface area contributed by atoms with Crippen LogP contribution in [0.25, 0.3) is 0 Å². The molecule has 0 saturated carbocycles. The van der Waals surface area contributed by atoms with Gasteiger partial charge in [-0.05, 0) is 39.3 Å². The number of nitrogens with zero attached hydrogens (tertiary/aromatic N) is 1. The zero-order valence-corrected chi connectivity index (χ0v) is 11.9. The van der Waals surface area contributed by atoms with Crippen molar-refractivity contribution in [2.24, 2.45) is 0 Å². The highest BCUT2D eigenvalue weighted by molar-refractivity contribution is 8.00. The topological polar surface area (TPSA) is 20.3 Å². The van der Waals surface area contributed by atoms with Gasteiger partial charge in [0.2, 0.25) is 5.91 Å². The van der Waals surface area contributed by atoms with Crippen LogP contribution in [-0.4, -0.2) is 29.6 Å². The summed E-state index contributed by atoms with van der Waals surface area (Å²) in [5.41, 5.74) is 2.49. The molecule has 0 N–H and O–H groups in total. The van der Waals surface area contributed by atoms with E-state index >= 15 is 0 Å². The molecule has 0 aliphatic rings. The van der Waals surface area contributed by atoms with Gasteiger partial charge in [-0.15, -0.1) is 11.8 Å². The second-order valence-corrected chi connectivity index (χ2v) is 5.14.